The molecule has 0 saturated heterocycles. The molecule has 4 nitrogen and oxygen atoms in total. The zero-order valence-corrected chi connectivity index (χ0v) is 12.2. The molecular formula is C15H10BrNO3. The summed E-state index contributed by atoms with van der Waals surface area (Å²) >= 11 is 3.38. The van der Waals surface area contributed by atoms with Crippen molar-refractivity contribution in [3.63, 3.8) is 0 Å². The summed E-state index contributed by atoms with van der Waals surface area (Å²) in [6.07, 6.45) is 0.688. The van der Waals surface area contributed by atoms with E-state index in [0.29, 0.717) is 39.1 Å². The highest BCUT2D eigenvalue weighted by Crippen LogP contribution is 2.34. The Kier molecular flexibility index (Phi) is 4.38. The minimum atomic E-state index is 0.303. The van der Waals surface area contributed by atoms with E-state index in [2.05, 4.69) is 15.9 Å². The van der Waals surface area contributed by atoms with E-state index >= 15 is 0 Å². The van der Waals surface area contributed by atoms with E-state index < -0.39 is 0 Å². The Morgan fingerprint density at radius 3 is 2.55 bits per heavy atom. The first-order chi connectivity index (χ1) is 9.67. The molecule has 100 valence electrons. The normalized spacial score (nSPS) is 9.65. The zero-order chi connectivity index (χ0) is 14.5. The molecule has 0 heterocycles. The van der Waals surface area contributed by atoms with Crippen LogP contribution in [-0.2, 0) is 0 Å². The molecule has 2 aromatic carbocycles. The molecule has 20 heavy (non-hydrogen) atoms. The molecular weight excluding hydrogens is 322 g/mol. The van der Waals surface area contributed by atoms with Gasteiger partial charge in [-0.05, 0) is 52.3 Å². The zero-order valence-electron chi connectivity index (χ0n) is 10.6. The molecule has 0 atom stereocenters. The van der Waals surface area contributed by atoms with Crippen LogP contribution in [0.2, 0.25) is 0 Å². The molecule has 0 aliphatic rings. The molecule has 0 radical (unpaired) electrons. The summed E-state index contributed by atoms with van der Waals surface area (Å²) in [5.74, 6) is 1.64. The standard InChI is InChI=1S/C15H10BrNO3/c1-19-12-3-5-15(13(16)7-12)20-14-4-2-10(9-18)6-11(14)8-17/h2-7,9H,1H3. The monoisotopic (exact) mass is 331 g/mol. The van der Waals surface area contributed by atoms with Crippen LogP contribution in [0.1, 0.15) is 15.9 Å². The van der Waals surface area contributed by atoms with Crippen LogP contribution in [0.25, 0.3) is 0 Å². The molecule has 2 rings (SSSR count). The quantitative estimate of drug-likeness (QED) is 0.796. The summed E-state index contributed by atoms with van der Waals surface area (Å²) in [5, 5.41) is 9.09. The molecule has 0 amide bonds. The second-order valence-corrected chi connectivity index (χ2v) is 4.74. The SMILES string of the molecule is COc1ccc(Oc2ccc(C=O)cc2C#N)c(Br)c1. The van der Waals surface area contributed by atoms with Crippen LogP contribution in [0.4, 0.5) is 0 Å². The molecule has 0 bridgehead atoms. The van der Waals surface area contributed by atoms with Gasteiger partial charge in [0.05, 0.1) is 17.1 Å². The largest absolute Gasteiger partial charge is 0.497 e. The Labute approximate surface area is 124 Å². The number of rotatable bonds is 4. The van der Waals surface area contributed by atoms with Gasteiger partial charge in [0, 0.05) is 5.56 Å². The number of halogens is 1. The number of nitriles is 1. The summed E-state index contributed by atoms with van der Waals surface area (Å²) < 4.78 is 11.5. The van der Waals surface area contributed by atoms with Crippen LogP contribution in [0.3, 0.4) is 0 Å². The summed E-state index contributed by atoms with van der Waals surface area (Å²) in [7, 11) is 1.58. The highest BCUT2D eigenvalue weighted by atomic mass is 79.9. The van der Waals surface area contributed by atoms with Crippen LogP contribution in [0.15, 0.2) is 40.9 Å². The first-order valence-corrected chi connectivity index (χ1v) is 6.48. The lowest BCUT2D eigenvalue weighted by Gasteiger charge is -2.10. The fourth-order valence-corrected chi connectivity index (χ4v) is 2.05. The van der Waals surface area contributed by atoms with Crippen molar-refractivity contribution < 1.29 is 14.3 Å². The van der Waals surface area contributed by atoms with Gasteiger partial charge in [-0.25, -0.2) is 0 Å². The van der Waals surface area contributed by atoms with Crippen LogP contribution in [0.5, 0.6) is 17.2 Å². The number of hydrogen-bond acceptors (Lipinski definition) is 4. The Balaban J connectivity index is 2.35. The van der Waals surface area contributed by atoms with Crippen LogP contribution < -0.4 is 9.47 Å². The Bertz CT molecular complexity index is 692. The Morgan fingerprint density at radius 1 is 1.20 bits per heavy atom. The molecule has 2 aromatic rings. The second kappa shape index (κ2) is 6.22. The van der Waals surface area contributed by atoms with E-state index in [9.17, 15) is 4.79 Å². The molecule has 0 aliphatic carbocycles. The number of aldehydes is 1. The topological polar surface area (TPSA) is 59.3 Å². The van der Waals surface area contributed by atoms with Gasteiger partial charge in [0.2, 0.25) is 0 Å². The van der Waals surface area contributed by atoms with Crippen LogP contribution in [0, 0.1) is 11.3 Å². The average Bonchev–Trinajstić information content (AvgIpc) is 2.49. The maximum Gasteiger partial charge on any atom is 0.150 e. The third kappa shape index (κ3) is 2.98. The van der Waals surface area contributed by atoms with Crippen molar-refractivity contribution in [1.29, 1.82) is 5.26 Å². The summed E-state index contributed by atoms with van der Waals surface area (Å²) in [6, 6.07) is 11.9. The van der Waals surface area contributed by atoms with Crippen LogP contribution >= 0.6 is 15.9 Å². The van der Waals surface area contributed by atoms with Gasteiger partial charge in [-0.15, -0.1) is 0 Å². The van der Waals surface area contributed by atoms with Crippen molar-refractivity contribution in [3.8, 4) is 23.3 Å². The van der Waals surface area contributed by atoms with Crippen molar-refractivity contribution in [2.75, 3.05) is 7.11 Å². The predicted molar refractivity (Wildman–Crippen MR) is 77.3 cm³/mol. The van der Waals surface area contributed by atoms with Gasteiger partial charge in [0.25, 0.3) is 0 Å². The molecule has 0 fully saturated rings. The first-order valence-electron chi connectivity index (χ1n) is 5.68. The Morgan fingerprint density at radius 2 is 1.95 bits per heavy atom. The van der Waals surface area contributed by atoms with Crippen LogP contribution in [-0.4, -0.2) is 13.4 Å². The third-order valence-electron chi connectivity index (χ3n) is 2.62. The maximum absolute atomic E-state index is 10.7. The average molecular weight is 332 g/mol. The van der Waals surface area contributed by atoms with Crippen molar-refractivity contribution >= 4 is 22.2 Å². The number of ether oxygens (including phenoxy) is 2. The van der Waals surface area contributed by atoms with E-state index in [-0.39, 0.29) is 0 Å². The number of methoxy groups -OCH3 is 1. The summed E-state index contributed by atoms with van der Waals surface area (Å²) in [4.78, 5) is 10.7. The third-order valence-corrected chi connectivity index (χ3v) is 3.24. The Hall–Kier alpha value is -2.32. The molecule has 0 N–H and O–H groups in total. The lowest BCUT2D eigenvalue weighted by Crippen LogP contribution is -1.92. The van der Waals surface area contributed by atoms with E-state index in [4.69, 9.17) is 14.7 Å². The molecule has 5 heteroatoms. The molecule has 0 unspecified atom stereocenters. The lowest BCUT2D eigenvalue weighted by atomic mass is 10.1. The molecule has 0 aromatic heterocycles. The molecule has 0 spiro atoms. The van der Waals surface area contributed by atoms with Gasteiger partial charge in [-0.2, -0.15) is 5.26 Å². The van der Waals surface area contributed by atoms with E-state index in [1.807, 2.05) is 6.07 Å². The van der Waals surface area contributed by atoms with Gasteiger partial charge in [-0.3, -0.25) is 4.79 Å². The number of carbonyl (C=O) groups excluding carboxylic acids is 1. The summed E-state index contributed by atoms with van der Waals surface area (Å²) in [5.41, 5.74) is 0.736. The second-order valence-electron chi connectivity index (χ2n) is 3.88. The number of benzene rings is 2. The first kappa shape index (κ1) is 14.1. The van der Waals surface area contributed by atoms with Gasteiger partial charge >= 0.3 is 0 Å². The van der Waals surface area contributed by atoms with Gasteiger partial charge in [0.15, 0.2) is 0 Å². The fourth-order valence-electron chi connectivity index (χ4n) is 1.61. The highest BCUT2D eigenvalue weighted by Gasteiger charge is 2.09. The maximum atomic E-state index is 10.7. The van der Waals surface area contributed by atoms with Crippen molar-refractivity contribution in [1.82, 2.24) is 0 Å². The minimum Gasteiger partial charge on any atom is -0.497 e. The van der Waals surface area contributed by atoms with Gasteiger partial charge in [-0.1, -0.05) is 0 Å². The molecule has 0 saturated carbocycles. The lowest BCUT2D eigenvalue weighted by molar-refractivity contribution is 0.112. The molecule has 0 aliphatic heterocycles. The number of hydrogen-bond donors (Lipinski definition) is 0. The minimum absolute atomic E-state index is 0.303. The predicted octanol–water partition coefficient (Wildman–Crippen LogP) is 3.93. The van der Waals surface area contributed by atoms with Gasteiger partial charge in [0.1, 0.15) is 29.6 Å². The highest BCUT2D eigenvalue weighted by molar-refractivity contribution is 9.10. The van der Waals surface area contributed by atoms with E-state index in [1.165, 1.54) is 6.07 Å². The smallest absolute Gasteiger partial charge is 0.150 e. The summed E-state index contributed by atoms with van der Waals surface area (Å²) in [6.45, 7) is 0. The van der Waals surface area contributed by atoms with Crippen molar-refractivity contribution in [3.05, 3.63) is 52.0 Å². The number of carbonyl (C=O) groups is 1. The number of nitrogens with zero attached hydrogens (tertiary/aromatic N) is 1. The van der Waals surface area contributed by atoms with E-state index in [0.717, 1.165) is 0 Å². The van der Waals surface area contributed by atoms with Crippen molar-refractivity contribution in [2.24, 2.45) is 0 Å². The van der Waals surface area contributed by atoms with Gasteiger partial charge < -0.3 is 9.47 Å². The van der Waals surface area contributed by atoms with E-state index in [1.54, 1.807) is 37.4 Å². The fraction of sp³-hybridized carbons (Fsp3) is 0.0667. The van der Waals surface area contributed by atoms with Crippen molar-refractivity contribution in [2.45, 2.75) is 0 Å².